The first kappa shape index (κ1) is 34.4. The van der Waals surface area contributed by atoms with Crippen molar-refractivity contribution in [1.82, 2.24) is 20.4 Å². The zero-order valence-corrected chi connectivity index (χ0v) is 29.0. The summed E-state index contributed by atoms with van der Waals surface area (Å²) in [5.41, 5.74) is 14.1. The second kappa shape index (κ2) is 12.8. The van der Waals surface area contributed by atoms with E-state index in [1.54, 1.807) is 76.2 Å². The standard InChI is InChI=1S/C33H38N6O8S2/c1-32(2)24(38-26(42)22(28(38)48-32)36-20(40)13-16-9-5-7-11-18(16)34)30(44)46-15-47-31(45)25-33(3,4)49-29-23(27(43)39(25)29)37-21(41)14-17-10-6-8-12-19(17)35/h5-12,22-25,28-29H,13-15,34-35H2,1-4H3,(H,36,40)(H,37,41)/t22-,23-,24+,25+,28-,29-/m1/s1. The fourth-order valence-electron chi connectivity index (χ4n) is 6.74. The number of β-lactam (4-membered cyclic amide) rings is 2. The van der Waals surface area contributed by atoms with Crippen LogP contribution in [0, 0.1) is 0 Å². The fourth-order valence-corrected chi connectivity index (χ4v) is 9.98. The maximum atomic E-state index is 13.3. The molecule has 0 unspecified atom stereocenters. The van der Waals surface area contributed by atoms with Crippen LogP contribution in [0.1, 0.15) is 38.8 Å². The summed E-state index contributed by atoms with van der Waals surface area (Å²) in [6.07, 6.45) is 0.0144. The maximum absolute atomic E-state index is 13.3. The van der Waals surface area contributed by atoms with Gasteiger partial charge < -0.3 is 41.4 Å². The van der Waals surface area contributed by atoms with Gasteiger partial charge in [0.1, 0.15) is 34.9 Å². The number of anilines is 2. The lowest BCUT2D eigenvalue weighted by Gasteiger charge is -2.44. The van der Waals surface area contributed by atoms with E-state index < -0.39 is 75.0 Å². The zero-order valence-electron chi connectivity index (χ0n) is 27.3. The van der Waals surface area contributed by atoms with Crippen molar-refractivity contribution in [3.05, 3.63) is 59.7 Å². The first-order valence-electron chi connectivity index (χ1n) is 15.7. The normalized spacial score (nSPS) is 27.3. The second-order valence-electron chi connectivity index (χ2n) is 13.4. The largest absolute Gasteiger partial charge is 0.426 e. The molecule has 4 aliphatic heterocycles. The Kier molecular flexibility index (Phi) is 8.98. The van der Waals surface area contributed by atoms with Gasteiger partial charge in [-0.05, 0) is 51.0 Å². The summed E-state index contributed by atoms with van der Waals surface area (Å²) in [5, 5.41) is 4.56. The minimum absolute atomic E-state index is 0.00720. The topological polar surface area (TPSA) is 203 Å². The molecular weight excluding hydrogens is 673 g/mol. The highest BCUT2D eigenvalue weighted by molar-refractivity contribution is 8.02. The number of ether oxygens (including phenoxy) is 2. The van der Waals surface area contributed by atoms with E-state index in [0.29, 0.717) is 22.5 Å². The predicted molar refractivity (Wildman–Crippen MR) is 182 cm³/mol. The highest BCUT2D eigenvalue weighted by Crippen LogP contribution is 2.52. The van der Waals surface area contributed by atoms with E-state index >= 15 is 0 Å². The Morgan fingerprint density at radius 3 is 1.43 bits per heavy atom. The van der Waals surface area contributed by atoms with Crippen molar-refractivity contribution in [2.75, 3.05) is 18.3 Å². The molecule has 16 heteroatoms. The van der Waals surface area contributed by atoms with Crippen LogP contribution in [0.15, 0.2) is 48.5 Å². The maximum Gasteiger partial charge on any atom is 0.333 e. The molecule has 49 heavy (non-hydrogen) atoms. The van der Waals surface area contributed by atoms with Gasteiger partial charge in [-0.2, -0.15) is 0 Å². The number of nitrogens with zero attached hydrogens (tertiary/aromatic N) is 2. The van der Waals surface area contributed by atoms with Crippen molar-refractivity contribution in [3.63, 3.8) is 0 Å². The molecule has 6 rings (SSSR count). The van der Waals surface area contributed by atoms with E-state index in [1.807, 2.05) is 0 Å². The lowest BCUT2D eigenvalue weighted by molar-refractivity contribution is -0.181. The number of rotatable bonds is 10. The highest BCUT2D eigenvalue weighted by Gasteiger charge is 2.66. The van der Waals surface area contributed by atoms with E-state index in [0.717, 1.165) is 0 Å². The minimum Gasteiger partial charge on any atom is -0.426 e. The van der Waals surface area contributed by atoms with Gasteiger partial charge in [0, 0.05) is 20.9 Å². The number of carbonyl (C=O) groups is 6. The monoisotopic (exact) mass is 710 g/mol. The molecule has 260 valence electrons. The van der Waals surface area contributed by atoms with E-state index in [1.165, 1.54) is 33.3 Å². The Balaban J connectivity index is 1.01. The number of hydrogen-bond donors (Lipinski definition) is 4. The van der Waals surface area contributed by atoms with Crippen molar-refractivity contribution in [2.24, 2.45) is 0 Å². The van der Waals surface area contributed by atoms with Gasteiger partial charge in [-0.1, -0.05) is 36.4 Å². The van der Waals surface area contributed by atoms with Gasteiger partial charge in [0.2, 0.25) is 30.4 Å². The summed E-state index contributed by atoms with van der Waals surface area (Å²) in [7, 11) is 0. The Bertz CT molecular complexity index is 1610. The average molecular weight is 711 g/mol. The number of benzene rings is 2. The molecule has 4 aliphatic rings. The van der Waals surface area contributed by atoms with Crippen molar-refractivity contribution in [2.45, 2.75) is 84.9 Å². The summed E-state index contributed by atoms with van der Waals surface area (Å²) in [5.74, 6) is -3.09. The van der Waals surface area contributed by atoms with Crippen LogP contribution in [0.4, 0.5) is 11.4 Å². The molecule has 6 atom stereocenters. The first-order chi connectivity index (χ1) is 23.1. The van der Waals surface area contributed by atoms with Crippen LogP contribution < -0.4 is 22.1 Å². The first-order valence-corrected chi connectivity index (χ1v) is 17.5. The summed E-state index contributed by atoms with van der Waals surface area (Å²) in [6.45, 7) is 6.46. The Morgan fingerprint density at radius 1 is 0.694 bits per heavy atom. The lowest BCUT2D eigenvalue weighted by atomic mass is 9.95. The highest BCUT2D eigenvalue weighted by atomic mass is 32.2. The van der Waals surface area contributed by atoms with E-state index in [9.17, 15) is 28.8 Å². The van der Waals surface area contributed by atoms with E-state index in [4.69, 9.17) is 20.9 Å². The van der Waals surface area contributed by atoms with Crippen molar-refractivity contribution in [1.29, 1.82) is 0 Å². The van der Waals surface area contributed by atoms with E-state index in [-0.39, 0.29) is 24.7 Å². The van der Waals surface area contributed by atoms with Crippen molar-refractivity contribution in [3.8, 4) is 0 Å². The molecule has 0 saturated carbocycles. The number of nitrogens with two attached hydrogens (primary N) is 2. The molecule has 4 amide bonds. The molecule has 2 aromatic carbocycles. The molecule has 0 radical (unpaired) electrons. The van der Waals surface area contributed by atoms with Crippen molar-refractivity contribution >= 4 is 70.5 Å². The third-order valence-corrected chi connectivity index (χ3v) is 12.3. The number of nitrogen functional groups attached to an aromatic ring is 2. The Labute approximate surface area is 291 Å². The molecule has 4 saturated heterocycles. The molecule has 0 bridgehead atoms. The molecule has 6 N–H and O–H groups in total. The Hall–Kier alpha value is -4.44. The molecule has 0 spiro atoms. The van der Waals surface area contributed by atoms with Crippen LogP contribution in [-0.2, 0) is 51.1 Å². The number of carbonyl (C=O) groups excluding carboxylic acids is 6. The van der Waals surface area contributed by atoms with Crippen LogP contribution in [0.25, 0.3) is 0 Å². The number of para-hydroxylation sites is 2. The second-order valence-corrected chi connectivity index (χ2v) is 16.9. The molecule has 4 fully saturated rings. The third-order valence-electron chi connectivity index (χ3n) is 9.18. The molecular formula is C33H38N6O8S2. The number of amides is 4. The number of thioether (sulfide) groups is 2. The van der Waals surface area contributed by atoms with Crippen LogP contribution in [0.5, 0.6) is 0 Å². The molecule has 14 nitrogen and oxygen atoms in total. The van der Waals surface area contributed by atoms with Crippen molar-refractivity contribution < 1.29 is 38.2 Å². The van der Waals surface area contributed by atoms with Crippen LogP contribution in [0.2, 0.25) is 0 Å². The summed E-state index contributed by atoms with van der Waals surface area (Å²) < 4.78 is 9.16. The van der Waals surface area contributed by atoms with Gasteiger partial charge in [0.15, 0.2) is 0 Å². The summed E-state index contributed by atoms with van der Waals surface area (Å²) in [6, 6.07) is 10.4. The van der Waals surface area contributed by atoms with Gasteiger partial charge in [-0.3, -0.25) is 19.2 Å². The van der Waals surface area contributed by atoms with Gasteiger partial charge in [0.05, 0.1) is 12.8 Å². The summed E-state index contributed by atoms with van der Waals surface area (Å²) in [4.78, 5) is 81.0. The molecule has 0 aliphatic carbocycles. The average Bonchev–Trinajstić information content (AvgIpc) is 3.45. The molecule has 2 aromatic rings. The smallest absolute Gasteiger partial charge is 0.333 e. The lowest BCUT2D eigenvalue weighted by Crippen LogP contribution is -2.71. The SMILES string of the molecule is CC1(C)S[C@@H]2[C@H](NC(=O)Cc3ccccc3N)C(=O)N2[C@H]1C(=O)OCOC(=O)[C@@H]1N2C(=O)[C@@H](NC(=O)Cc3ccccc3N)[C@H]2SC1(C)C. The van der Waals surface area contributed by atoms with E-state index in [2.05, 4.69) is 10.6 Å². The zero-order chi connectivity index (χ0) is 35.4. The van der Waals surface area contributed by atoms with Gasteiger partial charge in [-0.25, -0.2) is 9.59 Å². The Morgan fingerprint density at radius 2 is 1.06 bits per heavy atom. The van der Waals surface area contributed by atoms with Crippen LogP contribution in [0.3, 0.4) is 0 Å². The van der Waals surface area contributed by atoms with Gasteiger partial charge in [-0.15, -0.1) is 23.5 Å². The van der Waals surface area contributed by atoms with Crippen LogP contribution >= 0.6 is 23.5 Å². The third kappa shape index (κ3) is 6.27. The molecule has 0 aromatic heterocycles. The number of hydrogen-bond acceptors (Lipinski definition) is 12. The van der Waals surface area contributed by atoms with Gasteiger partial charge >= 0.3 is 11.9 Å². The fraction of sp³-hybridized carbons (Fsp3) is 0.455. The summed E-state index contributed by atoms with van der Waals surface area (Å²) >= 11 is 2.73. The number of nitrogens with one attached hydrogen (secondary N) is 2. The van der Waals surface area contributed by atoms with Crippen LogP contribution in [-0.4, -0.2) is 96.6 Å². The van der Waals surface area contributed by atoms with Gasteiger partial charge in [0.25, 0.3) is 0 Å². The quantitative estimate of drug-likeness (QED) is 0.117. The predicted octanol–water partition coefficient (Wildman–Crippen LogP) is 0.774. The number of fused-ring (bicyclic) bond motifs is 2. The number of esters is 2. The minimum atomic E-state index is -0.984. The molecule has 4 heterocycles.